The maximum absolute atomic E-state index is 10.9. The number of aryl methyl sites for hydroxylation is 1. The largest absolute Gasteiger partial charge is 0.496 e. The van der Waals surface area contributed by atoms with Gasteiger partial charge in [0.2, 0.25) is 0 Å². The van der Waals surface area contributed by atoms with Gasteiger partial charge in [-0.1, -0.05) is 30.3 Å². The SMILES string of the molecule is COc1ccc2ccccc2c1CCS(=O)(=O)O. The summed E-state index contributed by atoms with van der Waals surface area (Å²) in [6, 6.07) is 11.4. The molecule has 0 saturated heterocycles. The smallest absolute Gasteiger partial charge is 0.265 e. The molecule has 0 atom stereocenters. The lowest BCUT2D eigenvalue weighted by Gasteiger charge is -2.11. The van der Waals surface area contributed by atoms with Gasteiger partial charge in [0.05, 0.1) is 12.9 Å². The molecule has 2 aromatic carbocycles. The third-order valence-electron chi connectivity index (χ3n) is 2.83. The van der Waals surface area contributed by atoms with Crippen LogP contribution >= 0.6 is 0 Å². The van der Waals surface area contributed by atoms with Crippen molar-refractivity contribution in [1.82, 2.24) is 0 Å². The number of hydrogen-bond donors (Lipinski definition) is 1. The molecule has 0 radical (unpaired) electrons. The molecule has 1 N–H and O–H groups in total. The van der Waals surface area contributed by atoms with E-state index in [0.717, 1.165) is 16.3 Å². The second-order valence-electron chi connectivity index (χ2n) is 4.00. The van der Waals surface area contributed by atoms with Crippen LogP contribution in [0.4, 0.5) is 0 Å². The zero-order chi connectivity index (χ0) is 13.2. The highest BCUT2D eigenvalue weighted by atomic mass is 32.2. The van der Waals surface area contributed by atoms with Crippen molar-refractivity contribution in [3.05, 3.63) is 42.0 Å². The summed E-state index contributed by atoms with van der Waals surface area (Å²) < 4.78 is 35.8. The van der Waals surface area contributed by atoms with Crippen LogP contribution in [0.25, 0.3) is 10.8 Å². The second kappa shape index (κ2) is 4.96. The molecule has 0 heterocycles. The molecule has 0 unspecified atom stereocenters. The molecule has 0 saturated carbocycles. The molecule has 0 bridgehead atoms. The zero-order valence-electron chi connectivity index (χ0n) is 9.96. The highest BCUT2D eigenvalue weighted by Gasteiger charge is 2.12. The second-order valence-corrected chi connectivity index (χ2v) is 5.58. The highest BCUT2D eigenvalue weighted by Crippen LogP contribution is 2.28. The van der Waals surface area contributed by atoms with Crippen LogP contribution in [-0.4, -0.2) is 25.8 Å². The number of rotatable bonds is 4. The Kier molecular flexibility index (Phi) is 3.54. The van der Waals surface area contributed by atoms with Crippen LogP contribution in [0.1, 0.15) is 5.56 Å². The van der Waals surface area contributed by atoms with Gasteiger partial charge in [-0.3, -0.25) is 4.55 Å². The van der Waals surface area contributed by atoms with Crippen LogP contribution in [0.15, 0.2) is 36.4 Å². The van der Waals surface area contributed by atoms with E-state index in [0.29, 0.717) is 5.75 Å². The van der Waals surface area contributed by atoms with Gasteiger partial charge in [-0.25, -0.2) is 0 Å². The summed E-state index contributed by atoms with van der Waals surface area (Å²) in [5.41, 5.74) is 0.799. The van der Waals surface area contributed by atoms with E-state index in [-0.39, 0.29) is 12.2 Å². The van der Waals surface area contributed by atoms with Crippen LogP contribution < -0.4 is 4.74 Å². The summed E-state index contributed by atoms with van der Waals surface area (Å²) >= 11 is 0. The van der Waals surface area contributed by atoms with Gasteiger partial charge >= 0.3 is 0 Å². The number of benzene rings is 2. The highest BCUT2D eigenvalue weighted by molar-refractivity contribution is 7.85. The number of ether oxygens (including phenoxy) is 1. The molecular formula is C13H14O4S. The van der Waals surface area contributed by atoms with Crippen LogP contribution in [0.3, 0.4) is 0 Å². The Labute approximate surface area is 106 Å². The van der Waals surface area contributed by atoms with Gasteiger partial charge in [-0.2, -0.15) is 8.42 Å². The van der Waals surface area contributed by atoms with Crippen molar-refractivity contribution in [2.24, 2.45) is 0 Å². The van der Waals surface area contributed by atoms with Crippen molar-refractivity contribution >= 4 is 20.9 Å². The van der Waals surface area contributed by atoms with Gasteiger partial charge in [-0.05, 0) is 23.3 Å². The van der Waals surface area contributed by atoms with E-state index in [2.05, 4.69) is 0 Å². The Bertz CT molecular complexity index is 662. The molecule has 0 aliphatic carbocycles. The first-order chi connectivity index (χ1) is 8.51. The Morgan fingerprint density at radius 1 is 1.17 bits per heavy atom. The van der Waals surface area contributed by atoms with Crippen molar-refractivity contribution in [2.75, 3.05) is 12.9 Å². The summed E-state index contributed by atoms with van der Waals surface area (Å²) in [6.07, 6.45) is 0.226. The summed E-state index contributed by atoms with van der Waals surface area (Å²) in [5.74, 6) is 0.328. The van der Waals surface area contributed by atoms with Crippen molar-refractivity contribution < 1.29 is 17.7 Å². The Morgan fingerprint density at radius 2 is 1.89 bits per heavy atom. The van der Waals surface area contributed by atoms with Crippen LogP contribution in [0, 0.1) is 0 Å². The molecule has 4 nitrogen and oxygen atoms in total. The summed E-state index contributed by atoms with van der Waals surface area (Å²) in [4.78, 5) is 0. The average molecular weight is 266 g/mol. The summed E-state index contributed by atoms with van der Waals surface area (Å²) in [7, 11) is -2.43. The summed E-state index contributed by atoms with van der Waals surface area (Å²) in [6.45, 7) is 0. The van der Waals surface area contributed by atoms with E-state index in [1.54, 1.807) is 7.11 Å². The van der Waals surface area contributed by atoms with Gasteiger partial charge in [0.1, 0.15) is 5.75 Å². The molecule has 2 rings (SSSR count). The minimum absolute atomic E-state index is 0.226. The first-order valence-electron chi connectivity index (χ1n) is 5.51. The van der Waals surface area contributed by atoms with E-state index in [1.807, 2.05) is 36.4 Å². The Balaban J connectivity index is 2.51. The van der Waals surface area contributed by atoms with Gasteiger partial charge in [0, 0.05) is 5.56 Å². The van der Waals surface area contributed by atoms with Gasteiger partial charge < -0.3 is 4.74 Å². The molecular weight excluding hydrogens is 252 g/mol. The van der Waals surface area contributed by atoms with Crippen LogP contribution in [0.2, 0.25) is 0 Å². The zero-order valence-corrected chi connectivity index (χ0v) is 10.8. The minimum atomic E-state index is -3.97. The van der Waals surface area contributed by atoms with Gasteiger partial charge in [0.15, 0.2) is 0 Å². The molecule has 2 aromatic rings. The standard InChI is InChI=1S/C13H14O4S/c1-17-13-7-6-10-4-2-3-5-11(10)12(13)8-9-18(14,15)16/h2-7H,8-9H2,1H3,(H,14,15,16). The van der Waals surface area contributed by atoms with Crippen molar-refractivity contribution in [2.45, 2.75) is 6.42 Å². The van der Waals surface area contributed by atoms with E-state index in [1.165, 1.54) is 0 Å². The fraction of sp³-hybridized carbons (Fsp3) is 0.231. The molecule has 0 aromatic heterocycles. The van der Waals surface area contributed by atoms with Crippen molar-refractivity contribution in [3.63, 3.8) is 0 Å². The normalized spacial score (nSPS) is 11.7. The molecule has 96 valence electrons. The Morgan fingerprint density at radius 3 is 2.56 bits per heavy atom. The predicted molar refractivity (Wildman–Crippen MR) is 70.6 cm³/mol. The lowest BCUT2D eigenvalue weighted by molar-refractivity contribution is 0.410. The molecule has 18 heavy (non-hydrogen) atoms. The van der Waals surface area contributed by atoms with E-state index in [9.17, 15) is 8.42 Å². The van der Waals surface area contributed by atoms with E-state index in [4.69, 9.17) is 9.29 Å². The van der Waals surface area contributed by atoms with Crippen molar-refractivity contribution in [3.8, 4) is 5.75 Å². The van der Waals surface area contributed by atoms with Crippen LogP contribution in [-0.2, 0) is 16.5 Å². The first kappa shape index (κ1) is 12.9. The molecule has 0 spiro atoms. The maximum Gasteiger partial charge on any atom is 0.265 e. The van der Waals surface area contributed by atoms with Gasteiger partial charge in [-0.15, -0.1) is 0 Å². The molecule has 0 fully saturated rings. The lowest BCUT2D eigenvalue weighted by Crippen LogP contribution is -2.07. The Hall–Kier alpha value is -1.59. The fourth-order valence-electron chi connectivity index (χ4n) is 2.00. The van der Waals surface area contributed by atoms with Crippen molar-refractivity contribution in [1.29, 1.82) is 0 Å². The number of methoxy groups -OCH3 is 1. The molecule has 5 heteroatoms. The predicted octanol–water partition coefficient (Wildman–Crippen LogP) is 2.28. The third-order valence-corrected chi connectivity index (χ3v) is 3.55. The lowest BCUT2D eigenvalue weighted by atomic mass is 10.0. The van der Waals surface area contributed by atoms with Crippen LogP contribution in [0.5, 0.6) is 5.75 Å². The monoisotopic (exact) mass is 266 g/mol. The number of fused-ring (bicyclic) bond motifs is 1. The topological polar surface area (TPSA) is 63.6 Å². The molecule has 0 aliphatic heterocycles. The third kappa shape index (κ3) is 2.80. The van der Waals surface area contributed by atoms with E-state index < -0.39 is 10.1 Å². The fourth-order valence-corrected chi connectivity index (χ4v) is 2.46. The first-order valence-corrected chi connectivity index (χ1v) is 7.12. The van der Waals surface area contributed by atoms with E-state index >= 15 is 0 Å². The minimum Gasteiger partial charge on any atom is -0.496 e. The molecule has 0 aliphatic rings. The average Bonchev–Trinajstić information content (AvgIpc) is 2.34. The van der Waals surface area contributed by atoms with Gasteiger partial charge in [0.25, 0.3) is 10.1 Å². The molecule has 0 amide bonds. The summed E-state index contributed by atoms with van der Waals surface area (Å²) in [5, 5.41) is 1.96. The quantitative estimate of drug-likeness (QED) is 0.862. The maximum atomic E-state index is 10.9. The number of hydrogen-bond acceptors (Lipinski definition) is 3.